The van der Waals surface area contributed by atoms with Gasteiger partial charge in [-0.25, -0.2) is 0 Å². The maximum absolute atomic E-state index is 12.7. The number of aromatic hydroxyl groups is 1. The highest BCUT2D eigenvalue weighted by Gasteiger charge is 2.39. The highest BCUT2D eigenvalue weighted by atomic mass is 19.4. The topological polar surface area (TPSA) is 72.5 Å². The average molecular weight is 291 g/mol. The number of alkyl halides is 3. The molecule has 0 unspecified atom stereocenters. The van der Waals surface area contributed by atoms with Crippen molar-refractivity contribution in [3.63, 3.8) is 0 Å². The zero-order chi connectivity index (χ0) is 15.7. The first-order chi connectivity index (χ1) is 9.01. The second-order valence-electron chi connectivity index (χ2n) is 4.96. The van der Waals surface area contributed by atoms with E-state index in [9.17, 15) is 23.1 Å². The van der Waals surface area contributed by atoms with Crippen molar-refractivity contribution in [2.75, 3.05) is 7.11 Å². The van der Waals surface area contributed by atoms with Crippen LogP contribution in [0.15, 0.2) is 18.2 Å². The van der Waals surface area contributed by atoms with Gasteiger partial charge in [0.15, 0.2) is 0 Å². The van der Waals surface area contributed by atoms with Crippen molar-refractivity contribution in [2.45, 2.75) is 26.1 Å². The Labute approximate surface area is 114 Å². The van der Waals surface area contributed by atoms with Crippen LogP contribution in [0.1, 0.15) is 31.0 Å². The summed E-state index contributed by atoms with van der Waals surface area (Å²) in [6.07, 6.45) is -4.56. The molecule has 0 bridgehead atoms. The first-order valence-electron chi connectivity index (χ1n) is 5.76. The SMILES string of the molecule is COC(=O)C(C)(C)[C@H](N)c1cc(C(F)(F)F)ccc1O. The van der Waals surface area contributed by atoms with Crippen LogP contribution in [0.25, 0.3) is 0 Å². The molecule has 7 heteroatoms. The maximum atomic E-state index is 12.7. The summed E-state index contributed by atoms with van der Waals surface area (Å²) in [5, 5.41) is 9.69. The van der Waals surface area contributed by atoms with Gasteiger partial charge in [-0.2, -0.15) is 13.2 Å². The van der Waals surface area contributed by atoms with Gasteiger partial charge in [-0.15, -0.1) is 0 Å². The number of nitrogens with two attached hydrogens (primary N) is 1. The third kappa shape index (κ3) is 3.04. The molecule has 0 aliphatic rings. The van der Waals surface area contributed by atoms with Gasteiger partial charge < -0.3 is 15.6 Å². The summed E-state index contributed by atoms with van der Waals surface area (Å²) < 4.78 is 42.6. The van der Waals surface area contributed by atoms with E-state index >= 15 is 0 Å². The quantitative estimate of drug-likeness (QED) is 0.840. The van der Waals surface area contributed by atoms with Crippen LogP contribution in [-0.4, -0.2) is 18.2 Å². The highest BCUT2D eigenvalue weighted by Crippen LogP contribution is 2.39. The van der Waals surface area contributed by atoms with Crippen LogP contribution in [0.5, 0.6) is 5.75 Å². The van der Waals surface area contributed by atoms with E-state index in [4.69, 9.17) is 5.73 Å². The monoisotopic (exact) mass is 291 g/mol. The maximum Gasteiger partial charge on any atom is 0.416 e. The Morgan fingerprint density at radius 1 is 1.35 bits per heavy atom. The van der Waals surface area contributed by atoms with Gasteiger partial charge in [0.1, 0.15) is 5.75 Å². The van der Waals surface area contributed by atoms with E-state index in [1.54, 1.807) is 0 Å². The summed E-state index contributed by atoms with van der Waals surface area (Å²) in [7, 11) is 1.16. The van der Waals surface area contributed by atoms with Crippen molar-refractivity contribution in [2.24, 2.45) is 11.1 Å². The minimum Gasteiger partial charge on any atom is -0.508 e. The Hall–Kier alpha value is -1.76. The molecule has 1 atom stereocenters. The Balaban J connectivity index is 3.29. The van der Waals surface area contributed by atoms with Crippen LogP contribution in [-0.2, 0) is 15.7 Å². The number of phenolic OH excluding ortho intramolecular Hbond substituents is 1. The summed E-state index contributed by atoms with van der Waals surface area (Å²) >= 11 is 0. The molecule has 0 aliphatic carbocycles. The lowest BCUT2D eigenvalue weighted by molar-refractivity contribution is -0.152. The van der Waals surface area contributed by atoms with Crippen molar-refractivity contribution in [1.82, 2.24) is 0 Å². The third-order valence-electron chi connectivity index (χ3n) is 3.18. The van der Waals surface area contributed by atoms with E-state index in [2.05, 4.69) is 4.74 Å². The average Bonchev–Trinajstić information content (AvgIpc) is 2.35. The van der Waals surface area contributed by atoms with Crippen LogP contribution in [0.4, 0.5) is 13.2 Å². The Morgan fingerprint density at radius 2 is 1.90 bits per heavy atom. The number of phenols is 1. The Morgan fingerprint density at radius 3 is 2.35 bits per heavy atom. The molecule has 0 aromatic heterocycles. The number of esters is 1. The zero-order valence-corrected chi connectivity index (χ0v) is 11.3. The molecule has 0 radical (unpaired) electrons. The zero-order valence-electron chi connectivity index (χ0n) is 11.3. The molecule has 4 nitrogen and oxygen atoms in total. The van der Waals surface area contributed by atoms with Crippen molar-refractivity contribution < 1.29 is 27.8 Å². The molecule has 1 rings (SSSR count). The van der Waals surface area contributed by atoms with E-state index < -0.39 is 34.9 Å². The smallest absolute Gasteiger partial charge is 0.416 e. The molecular weight excluding hydrogens is 275 g/mol. The number of rotatable bonds is 3. The molecule has 0 saturated heterocycles. The number of carbonyl (C=O) groups is 1. The summed E-state index contributed by atoms with van der Waals surface area (Å²) in [5.41, 5.74) is 3.45. The molecule has 0 heterocycles. The molecule has 112 valence electrons. The normalized spacial score (nSPS) is 13.9. The molecule has 20 heavy (non-hydrogen) atoms. The van der Waals surface area contributed by atoms with Crippen LogP contribution < -0.4 is 5.73 Å². The van der Waals surface area contributed by atoms with Crippen LogP contribution in [0.2, 0.25) is 0 Å². The van der Waals surface area contributed by atoms with Gasteiger partial charge in [-0.1, -0.05) is 0 Å². The molecular formula is C13H16F3NO3. The number of benzene rings is 1. The third-order valence-corrected chi connectivity index (χ3v) is 3.18. The Kier molecular flexibility index (Phi) is 4.33. The lowest BCUT2D eigenvalue weighted by Gasteiger charge is -2.29. The molecule has 0 amide bonds. The molecule has 1 aromatic carbocycles. The lowest BCUT2D eigenvalue weighted by atomic mass is 9.80. The number of carbonyl (C=O) groups excluding carboxylic acids is 1. The standard InChI is InChI=1S/C13H16F3NO3/c1-12(2,11(19)20-3)10(17)8-6-7(13(14,15)16)4-5-9(8)18/h4-6,10,18H,17H2,1-3H3/t10-/m1/s1. The van der Waals surface area contributed by atoms with Crippen LogP contribution >= 0.6 is 0 Å². The van der Waals surface area contributed by atoms with Crippen LogP contribution in [0, 0.1) is 5.41 Å². The molecule has 0 aliphatic heterocycles. The van der Waals surface area contributed by atoms with E-state index in [0.29, 0.717) is 0 Å². The fourth-order valence-corrected chi connectivity index (χ4v) is 1.76. The van der Waals surface area contributed by atoms with Crippen molar-refractivity contribution in [3.8, 4) is 5.75 Å². The lowest BCUT2D eigenvalue weighted by Crippen LogP contribution is -2.37. The number of ether oxygens (including phenoxy) is 1. The van der Waals surface area contributed by atoms with Gasteiger partial charge in [0.05, 0.1) is 18.1 Å². The first kappa shape index (κ1) is 16.3. The predicted molar refractivity (Wildman–Crippen MR) is 65.8 cm³/mol. The number of methoxy groups -OCH3 is 1. The van der Waals surface area contributed by atoms with Crippen LogP contribution in [0.3, 0.4) is 0 Å². The van der Waals surface area contributed by atoms with E-state index in [1.165, 1.54) is 13.8 Å². The minimum absolute atomic E-state index is 0.157. The van der Waals surface area contributed by atoms with Gasteiger partial charge >= 0.3 is 12.1 Å². The largest absolute Gasteiger partial charge is 0.508 e. The number of halogens is 3. The van der Waals surface area contributed by atoms with E-state index in [-0.39, 0.29) is 5.56 Å². The summed E-state index contributed by atoms with van der Waals surface area (Å²) in [5.74, 6) is -1.08. The van der Waals surface area contributed by atoms with Gasteiger partial charge in [-0.3, -0.25) is 4.79 Å². The van der Waals surface area contributed by atoms with Crippen molar-refractivity contribution in [3.05, 3.63) is 29.3 Å². The molecule has 0 saturated carbocycles. The van der Waals surface area contributed by atoms with E-state index in [1.807, 2.05) is 0 Å². The van der Waals surface area contributed by atoms with Gasteiger partial charge in [0, 0.05) is 11.6 Å². The Bertz CT molecular complexity index is 512. The first-order valence-corrected chi connectivity index (χ1v) is 5.76. The predicted octanol–water partition coefficient (Wildman–Crippen LogP) is 2.61. The summed E-state index contributed by atoms with van der Waals surface area (Å²) in [6.45, 7) is 2.87. The fourth-order valence-electron chi connectivity index (χ4n) is 1.76. The van der Waals surface area contributed by atoms with Gasteiger partial charge in [-0.05, 0) is 32.0 Å². The molecule has 3 N–H and O–H groups in total. The molecule has 0 fully saturated rings. The molecule has 1 aromatic rings. The van der Waals surface area contributed by atoms with E-state index in [0.717, 1.165) is 25.3 Å². The molecule has 0 spiro atoms. The fraction of sp³-hybridized carbons (Fsp3) is 0.462. The second kappa shape index (κ2) is 5.32. The van der Waals surface area contributed by atoms with Gasteiger partial charge in [0.25, 0.3) is 0 Å². The minimum atomic E-state index is -4.56. The number of hydrogen-bond acceptors (Lipinski definition) is 4. The number of hydrogen-bond donors (Lipinski definition) is 2. The highest BCUT2D eigenvalue weighted by molar-refractivity contribution is 5.77. The second-order valence-corrected chi connectivity index (χ2v) is 4.96. The van der Waals surface area contributed by atoms with Crippen molar-refractivity contribution >= 4 is 5.97 Å². The summed E-state index contributed by atoms with van der Waals surface area (Å²) in [6, 6.07) is 1.25. The summed E-state index contributed by atoms with van der Waals surface area (Å²) in [4.78, 5) is 11.6. The van der Waals surface area contributed by atoms with Gasteiger partial charge in [0.2, 0.25) is 0 Å². The van der Waals surface area contributed by atoms with Crippen molar-refractivity contribution in [1.29, 1.82) is 0 Å².